The minimum Gasteiger partial charge on any atom is -0.347 e. The molecule has 2 heterocycles. The van der Waals surface area contributed by atoms with Crippen LogP contribution < -0.4 is 9.80 Å². The van der Waals surface area contributed by atoms with Crippen LogP contribution in [0.5, 0.6) is 0 Å². The van der Waals surface area contributed by atoms with Crippen LogP contribution in [-0.4, -0.2) is 35.1 Å². The Morgan fingerprint density at radius 1 is 1.25 bits per heavy atom. The van der Waals surface area contributed by atoms with Gasteiger partial charge < -0.3 is 9.80 Å². The molecular formula is C13H16ClN5S. The van der Waals surface area contributed by atoms with Crippen molar-refractivity contribution in [2.75, 3.05) is 23.9 Å². The SMILES string of the molecule is CN(C)c1nc(Cl)nc(N(Cc2ccsc2)C2CC2)n1. The lowest BCUT2D eigenvalue weighted by Crippen LogP contribution is -2.28. The van der Waals surface area contributed by atoms with E-state index >= 15 is 0 Å². The van der Waals surface area contributed by atoms with E-state index in [0.717, 1.165) is 6.54 Å². The fraction of sp³-hybridized carbons (Fsp3) is 0.462. The summed E-state index contributed by atoms with van der Waals surface area (Å²) in [6, 6.07) is 2.65. The third-order valence-corrected chi connectivity index (χ3v) is 4.06. The highest BCUT2D eigenvalue weighted by Crippen LogP contribution is 2.32. The molecule has 0 atom stereocenters. The topological polar surface area (TPSA) is 45.2 Å². The van der Waals surface area contributed by atoms with Gasteiger partial charge >= 0.3 is 0 Å². The molecule has 0 aromatic carbocycles. The van der Waals surface area contributed by atoms with Crippen LogP contribution in [0.1, 0.15) is 18.4 Å². The van der Waals surface area contributed by atoms with Crippen molar-refractivity contribution >= 4 is 34.8 Å². The van der Waals surface area contributed by atoms with Crippen LogP contribution in [0.25, 0.3) is 0 Å². The molecule has 1 aliphatic carbocycles. The molecule has 2 aromatic rings. The fourth-order valence-corrected chi connectivity index (χ4v) is 2.80. The summed E-state index contributed by atoms with van der Waals surface area (Å²) in [5, 5.41) is 4.49. The Labute approximate surface area is 127 Å². The van der Waals surface area contributed by atoms with Crippen molar-refractivity contribution in [1.82, 2.24) is 15.0 Å². The second-order valence-corrected chi connectivity index (χ2v) is 6.21. The predicted molar refractivity (Wildman–Crippen MR) is 82.7 cm³/mol. The van der Waals surface area contributed by atoms with E-state index in [1.165, 1.54) is 18.4 Å². The lowest BCUT2D eigenvalue weighted by Gasteiger charge is -2.23. The summed E-state index contributed by atoms with van der Waals surface area (Å²) in [4.78, 5) is 17.0. The van der Waals surface area contributed by atoms with Gasteiger partial charge in [-0.3, -0.25) is 0 Å². The Morgan fingerprint density at radius 2 is 2.00 bits per heavy atom. The van der Waals surface area contributed by atoms with Gasteiger partial charge in [-0.1, -0.05) is 0 Å². The van der Waals surface area contributed by atoms with Gasteiger partial charge in [0.1, 0.15) is 0 Å². The Bertz CT molecular complexity index is 582. The van der Waals surface area contributed by atoms with E-state index in [1.807, 2.05) is 19.0 Å². The van der Waals surface area contributed by atoms with Crippen molar-refractivity contribution in [3.63, 3.8) is 0 Å². The molecule has 5 nitrogen and oxygen atoms in total. The highest BCUT2D eigenvalue weighted by atomic mass is 35.5. The second-order valence-electron chi connectivity index (χ2n) is 5.09. The van der Waals surface area contributed by atoms with Gasteiger partial charge in [-0.05, 0) is 46.8 Å². The quantitative estimate of drug-likeness (QED) is 0.850. The number of halogens is 1. The van der Waals surface area contributed by atoms with Gasteiger partial charge in [-0.25, -0.2) is 0 Å². The third kappa shape index (κ3) is 3.02. The summed E-state index contributed by atoms with van der Waals surface area (Å²) in [5.74, 6) is 1.26. The van der Waals surface area contributed by atoms with E-state index in [2.05, 4.69) is 36.7 Å². The lowest BCUT2D eigenvalue weighted by molar-refractivity contribution is 0.751. The van der Waals surface area contributed by atoms with Crippen LogP contribution in [0.15, 0.2) is 16.8 Å². The first-order valence-corrected chi connectivity index (χ1v) is 7.82. The summed E-state index contributed by atoms with van der Waals surface area (Å²) >= 11 is 7.74. The van der Waals surface area contributed by atoms with Crippen molar-refractivity contribution in [1.29, 1.82) is 0 Å². The molecule has 7 heteroatoms. The summed E-state index contributed by atoms with van der Waals surface area (Å²) in [6.45, 7) is 0.821. The zero-order valence-corrected chi connectivity index (χ0v) is 13.0. The van der Waals surface area contributed by atoms with Gasteiger partial charge in [0, 0.05) is 26.7 Å². The number of aromatic nitrogens is 3. The average molecular weight is 310 g/mol. The summed E-state index contributed by atoms with van der Waals surface area (Å²) in [6.07, 6.45) is 2.37. The molecule has 0 unspecified atom stereocenters. The smallest absolute Gasteiger partial charge is 0.232 e. The first kappa shape index (κ1) is 13.6. The molecule has 1 saturated carbocycles. The fourth-order valence-electron chi connectivity index (χ4n) is 1.99. The highest BCUT2D eigenvalue weighted by molar-refractivity contribution is 7.07. The largest absolute Gasteiger partial charge is 0.347 e. The van der Waals surface area contributed by atoms with Crippen molar-refractivity contribution in [2.24, 2.45) is 0 Å². The van der Waals surface area contributed by atoms with E-state index in [1.54, 1.807) is 11.3 Å². The Morgan fingerprint density at radius 3 is 2.60 bits per heavy atom. The van der Waals surface area contributed by atoms with Gasteiger partial charge in [-0.2, -0.15) is 26.3 Å². The third-order valence-electron chi connectivity index (χ3n) is 3.16. The number of hydrogen-bond donors (Lipinski definition) is 0. The molecular weight excluding hydrogens is 294 g/mol. The Balaban J connectivity index is 1.91. The number of hydrogen-bond acceptors (Lipinski definition) is 6. The zero-order valence-electron chi connectivity index (χ0n) is 11.5. The van der Waals surface area contributed by atoms with E-state index in [4.69, 9.17) is 11.6 Å². The molecule has 0 bridgehead atoms. The molecule has 3 rings (SSSR count). The second kappa shape index (κ2) is 5.54. The Kier molecular flexibility index (Phi) is 3.76. The standard InChI is InChI=1S/C13H16ClN5S/c1-18(2)12-15-11(14)16-13(17-12)19(10-3-4-10)7-9-5-6-20-8-9/h5-6,8,10H,3-4,7H2,1-2H3. The van der Waals surface area contributed by atoms with Gasteiger partial charge in [0.25, 0.3) is 0 Å². The molecule has 106 valence electrons. The molecule has 0 aliphatic heterocycles. The number of thiophene rings is 1. The predicted octanol–water partition coefficient (Wildman–Crippen LogP) is 2.82. The molecule has 2 aromatic heterocycles. The summed E-state index contributed by atoms with van der Waals surface area (Å²) < 4.78 is 0. The van der Waals surface area contributed by atoms with Crippen molar-refractivity contribution in [2.45, 2.75) is 25.4 Å². The zero-order chi connectivity index (χ0) is 14.1. The van der Waals surface area contributed by atoms with Crippen LogP contribution in [0.2, 0.25) is 5.28 Å². The van der Waals surface area contributed by atoms with Gasteiger partial charge in [0.15, 0.2) is 0 Å². The van der Waals surface area contributed by atoms with E-state index < -0.39 is 0 Å². The van der Waals surface area contributed by atoms with E-state index in [0.29, 0.717) is 17.9 Å². The number of anilines is 2. The lowest BCUT2D eigenvalue weighted by atomic mass is 10.3. The normalized spacial score (nSPS) is 14.3. The maximum Gasteiger partial charge on any atom is 0.232 e. The molecule has 0 amide bonds. The van der Waals surface area contributed by atoms with Crippen molar-refractivity contribution in [3.8, 4) is 0 Å². The summed E-state index contributed by atoms with van der Waals surface area (Å²) in [5.41, 5.74) is 1.28. The van der Waals surface area contributed by atoms with Crippen molar-refractivity contribution in [3.05, 3.63) is 27.7 Å². The van der Waals surface area contributed by atoms with Gasteiger partial charge in [0.2, 0.25) is 17.2 Å². The molecule has 0 N–H and O–H groups in total. The van der Waals surface area contributed by atoms with Gasteiger partial charge in [0.05, 0.1) is 0 Å². The minimum absolute atomic E-state index is 0.245. The van der Waals surface area contributed by atoms with Crippen LogP contribution >= 0.6 is 22.9 Å². The first-order chi connectivity index (χ1) is 9.63. The van der Waals surface area contributed by atoms with Crippen LogP contribution in [0.4, 0.5) is 11.9 Å². The molecule has 0 saturated heterocycles. The minimum atomic E-state index is 0.245. The van der Waals surface area contributed by atoms with E-state index in [-0.39, 0.29) is 5.28 Å². The highest BCUT2D eigenvalue weighted by Gasteiger charge is 2.31. The van der Waals surface area contributed by atoms with Crippen LogP contribution in [-0.2, 0) is 6.54 Å². The van der Waals surface area contributed by atoms with Crippen LogP contribution in [0.3, 0.4) is 0 Å². The Hall–Kier alpha value is -1.40. The number of nitrogens with zero attached hydrogens (tertiary/aromatic N) is 5. The molecule has 20 heavy (non-hydrogen) atoms. The van der Waals surface area contributed by atoms with E-state index in [9.17, 15) is 0 Å². The summed E-state index contributed by atoms with van der Waals surface area (Å²) in [7, 11) is 3.80. The molecule has 0 spiro atoms. The van der Waals surface area contributed by atoms with Gasteiger partial charge in [-0.15, -0.1) is 0 Å². The molecule has 1 fully saturated rings. The molecule has 0 radical (unpaired) electrons. The average Bonchev–Trinajstić information content (AvgIpc) is 3.12. The first-order valence-electron chi connectivity index (χ1n) is 6.50. The molecule has 1 aliphatic rings. The maximum absolute atomic E-state index is 6.03. The van der Waals surface area contributed by atoms with Crippen LogP contribution in [0, 0.1) is 0 Å². The van der Waals surface area contributed by atoms with Crippen molar-refractivity contribution < 1.29 is 0 Å². The monoisotopic (exact) mass is 309 g/mol. The maximum atomic E-state index is 6.03. The number of rotatable bonds is 5.